The highest BCUT2D eigenvalue weighted by Gasteiger charge is 2.31. The van der Waals surface area contributed by atoms with Gasteiger partial charge in [-0.25, -0.2) is 15.0 Å². The molecular formula is C94H73N5. The Labute approximate surface area is 580 Å². The minimum Gasteiger partial charge on any atom is -0.309 e. The molecule has 13 aromatic carbocycles. The summed E-state index contributed by atoms with van der Waals surface area (Å²) in [7, 11) is 0. The van der Waals surface area contributed by atoms with E-state index in [1.165, 1.54) is 27.6 Å². The molecule has 5 heteroatoms. The first-order valence-electron chi connectivity index (χ1n) is 34.2. The van der Waals surface area contributed by atoms with Crippen LogP contribution in [0, 0.1) is 0 Å². The van der Waals surface area contributed by atoms with E-state index in [0.29, 0.717) is 17.5 Å². The van der Waals surface area contributed by atoms with E-state index in [-0.39, 0.29) is 10.8 Å². The predicted octanol–water partition coefficient (Wildman–Crippen LogP) is 25.0. The molecule has 0 amide bonds. The van der Waals surface area contributed by atoms with Crippen LogP contribution in [-0.2, 0) is 10.8 Å². The number of rotatable bonds is 13. The Bertz CT molecular complexity index is 5470. The molecule has 0 aliphatic rings. The van der Waals surface area contributed by atoms with Crippen molar-refractivity contribution in [1.29, 1.82) is 0 Å². The standard InChI is InChI=1S/C94H73N5/c1-93(2,3)76-50-44-68(45-51-76)90-96-91(69-46-52-77(53-47-69)94(4,5)6)98-92(97-90)73-48-54-81(95-61-73)70-40-27-41-71(56-70)88-86(66-36-21-11-22-37-66)84(64-32-17-9-18-33-64)85(65-34-19-10-20-35-65)87(67-38-23-12-24-39-67)89(88)72-49-55-83-80(60-72)79-42-25-26-43-82(79)99(83)78-58-74(62-28-13-7-14-29-62)57-75(59-78)63-30-15-8-16-31-63/h7-61H,1-6H3. The lowest BCUT2D eigenvalue weighted by Crippen LogP contribution is -2.10. The Morgan fingerprint density at radius 2 is 0.566 bits per heavy atom. The zero-order valence-electron chi connectivity index (χ0n) is 56.5. The largest absolute Gasteiger partial charge is 0.309 e. The third-order valence-corrected chi connectivity index (χ3v) is 19.2. The van der Waals surface area contributed by atoms with Crippen LogP contribution in [-0.4, -0.2) is 24.5 Å². The fraction of sp³-hybridized carbons (Fsp3) is 0.0851. The molecule has 0 atom stereocenters. The number of pyridine rings is 1. The quantitative estimate of drug-likeness (QED) is 0.115. The SMILES string of the molecule is CC(C)(C)c1ccc(-c2nc(-c3ccc(C(C)(C)C)cc3)nc(-c3ccc(-c4cccc(-c5c(-c6ccccc6)c(-c6ccccc6)c(-c6ccccc6)c(-c6ccccc6)c5-c5ccc6c(c5)c5ccccc5n6-c5cc(-c6ccccc6)cc(-c6ccccc6)c5)c4)nc3)n2)cc1. The van der Waals surface area contributed by atoms with E-state index in [1.54, 1.807) is 0 Å². The average molecular weight is 1270 g/mol. The molecule has 0 bridgehead atoms. The minimum atomic E-state index is -0.00316. The molecular weight excluding hydrogens is 1200 g/mol. The lowest BCUT2D eigenvalue weighted by Gasteiger charge is -2.29. The Hall–Kier alpha value is -12.2. The molecule has 16 rings (SSSR count). The molecule has 474 valence electrons. The van der Waals surface area contributed by atoms with E-state index in [9.17, 15) is 0 Å². The number of benzene rings is 13. The lowest BCUT2D eigenvalue weighted by molar-refractivity contribution is 0.590. The Balaban J connectivity index is 0.929. The highest BCUT2D eigenvalue weighted by molar-refractivity contribution is 6.17. The molecule has 0 saturated heterocycles. The molecule has 5 nitrogen and oxygen atoms in total. The fourth-order valence-corrected chi connectivity index (χ4v) is 14.2. The van der Waals surface area contributed by atoms with Crippen LogP contribution < -0.4 is 0 Å². The maximum atomic E-state index is 5.32. The fourth-order valence-electron chi connectivity index (χ4n) is 14.2. The molecule has 99 heavy (non-hydrogen) atoms. The number of hydrogen-bond donors (Lipinski definition) is 0. The number of hydrogen-bond acceptors (Lipinski definition) is 4. The van der Waals surface area contributed by atoms with Gasteiger partial charge in [0.15, 0.2) is 17.5 Å². The summed E-state index contributed by atoms with van der Waals surface area (Å²) in [6, 6.07) is 119. The molecule has 16 aromatic rings. The van der Waals surface area contributed by atoms with Gasteiger partial charge in [-0.3, -0.25) is 4.98 Å². The topological polar surface area (TPSA) is 56.5 Å². The molecule has 0 unspecified atom stereocenters. The summed E-state index contributed by atoms with van der Waals surface area (Å²) in [6.07, 6.45) is 1.92. The molecule has 0 aliphatic heterocycles. The number of aromatic nitrogens is 5. The van der Waals surface area contributed by atoms with Crippen LogP contribution in [0.3, 0.4) is 0 Å². The van der Waals surface area contributed by atoms with Crippen LogP contribution in [0.25, 0.3) is 162 Å². The van der Waals surface area contributed by atoms with Crippen LogP contribution in [0.2, 0.25) is 0 Å². The molecule has 0 aliphatic carbocycles. The Morgan fingerprint density at radius 1 is 0.232 bits per heavy atom. The zero-order valence-corrected chi connectivity index (χ0v) is 56.5. The third-order valence-electron chi connectivity index (χ3n) is 19.2. The summed E-state index contributed by atoms with van der Waals surface area (Å²) >= 11 is 0. The van der Waals surface area contributed by atoms with Crippen LogP contribution in [0.15, 0.2) is 334 Å². The van der Waals surface area contributed by atoms with Crippen molar-refractivity contribution in [3.05, 3.63) is 345 Å². The monoisotopic (exact) mass is 1270 g/mol. The highest BCUT2D eigenvalue weighted by atomic mass is 15.0. The van der Waals surface area contributed by atoms with E-state index >= 15 is 0 Å². The van der Waals surface area contributed by atoms with E-state index < -0.39 is 0 Å². The van der Waals surface area contributed by atoms with Crippen molar-refractivity contribution in [2.24, 2.45) is 0 Å². The van der Waals surface area contributed by atoms with Crippen LogP contribution in [0.4, 0.5) is 0 Å². The van der Waals surface area contributed by atoms with Gasteiger partial charge < -0.3 is 4.57 Å². The lowest BCUT2D eigenvalue weighted by atomic mass is 9.74. The van der Waals surface area contributed by atoms with Gasteiger partial charge >= 0.3 is 0 Å². The average Bonchev–Trinajstić information content (AvgIpc) is 1.70. The summed E-state index contributed by atoms with van der Waals surface area (Å²) in [5, 5.41) is 2.32. The van der Waals surface area contributed by atoms with Gasteiger partial charge in [0, 0.05) is 44.9 Å². The third kappa shape index (κ3) is 12.0. The normalized spacial score (nSPS) is 11.7. The first kappa shape index (κ1) is 61.7. The van der Waals surface area contributed by atoms with Gasteiger partial charge in [0.1, 0.15) is 0 Å². The second-order valence-electron chi connectivity index (χ2n) is 27.8. The summed E-state index contributed by atoms with van der Waals surface area (Å²) in [5.41, 5.74) is 28.3. The summed E-state index contributed by atoms with van der Waals surface area (Å²) in [6.45, 7) is 13.4. The van der Waals surface area contributed by atoms with Crippen molar-refractivity contribution < 1.29 is 0 Å². The first-order valence-corrected chi connectivity index (χ1v) is 34.2. The predicted molar refractivity (Wildman–Crippen MR) is 415 cm³/mol. The van der Waals surface area contributed by atoms with E-state index in [4.69, 9.17) is 19.9 Å². The van der Waals surface area contributed by atoms with Gasteiger partial charge in [0.25, 0.3) is 0 Å². The molecule has 0 fully saturated rings. The van der Waals surface area contributed by atoms with Crippen molar-refractivity contribution in [3.63, 3.8) is 0 Å². The van der Waals surface area contributed by atoms with E-state index in [2.05, 4.69) is 374 Å². The maximum absolute atomic E-state index is 5.32. The zero-order chi connectivity index (χ0) is 67.2. The van der Waals surface area contributed by atoms with Gasteiger partial charge in [-0.15, -0.1) is 0 Å². The second-order valence-corrected chi connectivity index (χ2v) is 27.8. The van der Waals surface area contributed by atoms with E-state index in [0.717, 1.165) is 128 Å². The molecule has 0 radical (unpaired) electrons. The van der Waals surface area contributed by atoms with Crippen molar-refractivity contribution in [3.8, 4) is 140 Å². The van der Waals surface area contributed by atoms with Crippen molar-refractivity contribution >= 4 is 21.8 Å². The van der Waals surface area contributed by atoms with Gasteiger partial charge in [-0.05, 0) is 166 Å². The van der Waals surface area contributed by atoms with Crippen LogP contribution in [0.5, 0.6) is 0 Å². The summed E-state index contributed by atoms with van der Waals surface area (Å²) < 4.78 is 2.47. The smallest absolute Gasteiger partial charge is 0.165 e. The molecule has 0 N–H and O–H groups in total. The maximum Gasteiger partial charge on any atom is 0.165 e. The van der Waals surface area contributed by atoms with Gasteiger partial charge in [-0.2, -0.15) is 0 Å². The molecule has 3 aromatic heterocycles. The number of nitrogens with zero attached hydrogens (tertiary/aromatic N) is 5. The second kappa shape index (κ2) is 25.8. The Kier molecular flexibility index (Phi) is 16.0. The molecule has 0 spiro atoms. The molecule has 0 saturated carbocycles. The van der Waals surface area contributed by atoms with Crippen molar-refractivity contribution in [1.82, 2.24) is 24.5 Å². The van der Waals surface area contributed by atoms with Crippen molar-refractivity contribution in [2.45, 2.75) is 52.4 Å². The van der Waals surface area contributed by atoms with Gasteiger partial charge in [0.2, 0.25) is 0 Å². The highest BCUT2D eigenvalue weighted by Crippen LogP contribution is 2.57. The minimum absolute atomic E-state index is 0.00316. The van der Waals surface area contributed by atoms with Crippen molar-refractivity contribution in [2.75, 3.05) is 0 Å². The van der Waals surface area contributed by atoms with Crippen LogP contribution >= 0.6 is 0 Å². The van der Waals surface area contributed by atoms with Gasteiger partial charge in [0.05, 0.1) is 16.7 Å². The van der Waals surface area contributed by atoms with Gasteiger partial charge in [-0.1, -0.05) is 315 Å². The number of fused-ring (bicyclic) bond motifs is 3. The number of para-hydroxylation sites is 1. The molecule has 3 heterocycles. The van der Waals surface area contributed by atoms with Crippen LogP contribution in [0.1, 0.15) is 52.7 Å². The van der Waals surface area contributed by atoms with E-state index in [1.807, 2.05) is 6.20 Å². The summed E-state index contributed by atoms with van der Waals surface area (Å²) in [5.74, 6) is 1.77. The first-order chi connectivity index (χ1) is 48.4. The summed E-state index contributed by atoms with van der Waals surface area (Å²) in [4.78, 5) is 20.9. The Morgan fingerprint density at radius 3 is 0.990 bits per heavy atom.